The molecule has 0 radical (unpaired) electrons. The summed E-state index contributed by atoms with van der Waals surface area (Å²) in [5.41, 5.74) is 8.11. The van der Waals surface area contributed by atoms with Crippen molar-refractivity contribution in [3.05, 3.63) is 60.7 Å². The Hall–Kier alpha value is -2.69. The average Bonchev–Trinajstić information content (AvgIpc) is 2.89. The van der Waals surface area contributed by atoms with Gasteiger partial charge in [0.1, 0.15) is 11.6 Å². The maximum absolute atomic E-state index is 12.9. The van der Waals surface area contributed by atoms with Crippen LogP contribution in [-0.4, -0.2) is 14.8 Å². The van der Waals surface area contributed by atoms with E-state index in [1.807, 2.05) is 18.3 Å². The second kappa shape index (κ2) is 4.53. The van der Waals surface area contributed by atoms with Crippen LogP contribution >= 0.6 is 0 Å². The fourth-order valence-corrected chi connectivity index (χ4v) is 1.82. The molecule has 2 heterocycles. The minimum Gasteiger partial charge on any atom is -0.384 e. The zero-order chi connectivity index (χ0) is 13.2. The lowest BCUT2D eigenvalue weighted by atomic mass is 10.1. The number of hydrogen-bond acceptors (Lipinski definition) is 3. The highest BCUT2D eigenvalue weighted by atomic mass is 19.1. The second-order valence-electron chi connectivity index (χ2n) is 4.09. The Bertz CT molecular complexity index is 703. The molecule has 0 aliphatic rings. The smallest absolute Gasteiger partial charge is 0.125 e. The molecular weight excluding hydrogens is 243 g/mol. The van der Waals surface area contributed by atoms with Crippen LogP contribution in [0.5, 0.6) is 0 Å². The van der Waals surface area contributed by atoms with Gasteiger partial charge in [0.25, 0.3) is 0 Å². The van der Waals surface area contributed by atoms with Gasteiger partial charge in [-0.3, -0.25) is 0 Å². The fourth-order valence-electron chi connectivity index (χ4n) is 1.82. The Kier molecular flexibility index (Phi) is 2.72. The van der Waals surface area contributed by atoms with Gasteiger partial charge in [0.15, 0.2) is 0 Å². The maximum Gasteiger partial charge on any atom is 0.125 e. The number of halogens is 1. The van der Waals surface area contributed by atoms with E-state index >= 15 is 0 Å². The van der Waals surface area contributed by atoms with Crippen LogP contribution in [0.15, 0.2) is 54.9 Å². The first-order valence-corrected chi connectivity index (χ1v) is 5.76. The van der Waals surface area contributed by atoms with Gasteiger partial charge in [-0.1, -0.05) is 0 Å². The number of nitrogens with zero attached hydrogens (tertiary/aromatic N) is 3. The lowest BCUT2D eigenvalue weighted by Gasteiger charge is -2.01. The molecule has 2 N–H and O–H groups in total. The van der Waals surface area contributed by atoms with E-state index in [1.54, 1.807) is 29.1 Å². The minimum atomic E-state index is -0.259. The highest BCUT2D eigenvalue weighted by Gasteiger charge is 2.04. The van der Waals surface area contributed by atoms with E-state index in [9.17, 15) is 4.39 Å². The van der Waals surface area contributed by atoms with Crippen molar-refractivity contribution in [3.8, 4) is 16.9 Å². The van der Waals surface area contributed by atoms with E-state index in [2.05, 4.69) is 10.1 Å². The predicted octanol–water partition coefficient (Wildman–Crippen LogP) is 2.66. The van der Waals surface area contributed by atoms with Crippen molar-refractivity contribution in [2.45, 2.75) is 0 Å². The Morgan fingerprint density at radius 1 is 1.05 bits per heavy atom. The second-order valence-corrected chi connectivity index (χ2v) is 4.09. The van der Waals surface area contributed by atoms with Crippen LogP contribution in [0, 0.1) is 5.82 Å². The summed E-state index contributed by atoms with van der Waals surface area (Å²) >= 11 is 0. The predicted molar refractivity (Wildman–Crippen MR) is 71.2 cm³/mol. The number of pyridine rings is 1. The van der Waals surface area contributed by atoms with Gasteiger partial charge in [0.05, 0.1) is 11.4 Å². The standard InChI is InChI=1S/C14H11FN4/c15-11-3-1-10(2-4-11)13-6-8-19(18-13)12-5-7-17-14(16)9-12/h1-9H,(H2,16,17). The van der Waals surface area contributed by atoms with Crippen LogP contribution in [0.4, 0.5) is 10.2 Å². The summed E-state index contributed by atoms with van der Waals surface area (Å²) in [4.78, 5) is 3.93. The van der Waals surface area contributed by atoms with Gasteiger partial charge in [-0.25, -0.2) is 14.1 Å². The molecular formula is C14H11FN4. The summed E-state index contributed by atoms with van der Waals surface area (Å²) in [5.74, 6) is 0.182. The molecule has 5 heteroatoms. The van der Waals surface area contributed by atoms with E-state index in [1.165, 1.54) is 12.1 Å². The topological polar surface area (TPSA) is 56.7 Å². The van der Waals surface area contributed by atoms with Crippen LogP contribution in [0.3, 0.4) is 0 Å². The van der Waals surface area contributed by atoms with Crippen molar-refractivity contribution in [2.75, 3.05) is 5.73 Å². The summed E-state index contributed by atoms with van der Waals surface area (Å²) in [7, 11) is 0. The van der Waals surface area contributed by atoms with Gasteiger partial charge in [0.2, 0.25) is 0 Å². The molecule has 0 saturated heterocycles. The highest BCUT2D eigenvalue weighted by Crippen LogP contribution is 2.19. The lowest BCUT2D eigenvalue weighted by Crippen LogP contribution is -1.97. The quantitative estimate of drug-likeness (QED) is 0.764. The zero-order valence-corrected chi connectivity index (χ0v) is 9.99. The van der Waals surface area contributed by atoms with E-state index < -0.39 is 0 Å². The molecule has 1 aromatic carbocycles. The molecule has 0 bridgehead atoms. The molecule has 2 aromatic heterocycles. The molecule has 0 saturated carbocycles. The number of rotatable bonds is 2. The summed E-state index contributed by atoms with van der Waals surface area (Å²) in [5, 5.41) is 4.43. The Balaban J connectivity index is 1.97. The van der Waals surface area contributed by atoms with Crippen molar-refractivity contribution >= 4 is 5.82 Å². The Labute approximate surface area is 109 Å². The number of benzene rings is 1. The van der Waals surface area contributed by atoms with Crippen LogP contribution in [-0.2, 0) is 0 Å². The lowest BCUT2D eigenvalue weighted by molar-refractivity contribution is 0.628. The minimum absolute atomic E-state index is 0.259. The van der Waals surface area contributed by atoms with Gasteiger partial charge >= 0.3 is 0 Å². The summed E-state index contributed by atoms with van der Waals surface area (Å²) in [6.45, 7) is 0. The van der Waals surface area contributed by atoms with E-state index in [0.29, 0.717) is 5.82 Å². The van der Waals surface area contributed by atoms with Crippen LogP contribution < -0.4 is 5.73 Å². The summed E-state index contributed by atoms with van der Waals surface area (Å²) in [6, 6.07) is 11.6. The summed E-state index contributed by atoms with van der Waals surface area (Å²) < 4.78 is 14.6. The molecule has 3 aromatic rings. The molecule has 19 heavy (non-hydrogen) atoms. The molecule has 0 atom stereocenters. The van der Waals surface area contributed by atoms with Crippen molar-refractivity contribution in [3.63, 3.8) is 0 Å². The molecule has 0 aliphatic heterocycles. The van der Waals surface area contributed by atoms with Crippen LogP contribution in [0.1, 0.15) is 0 Å². The molecule has 3 rings (SSSR count). The van der Waals surface area contributed by atoms with Gasteiger partial charge in [-0.05, 0) is 36.4 Å². The molecule has 4 nitrogen and oxygen atoms in total. The molecule has 94 valence electrons. The van der Waals surface area contributed by atoms with Crippen molar-refractivity contribution in [2.24, 2.45) is 0 Å². The average molecular weight is 254 g/mol. The van der Waals surface area contributed by atoms with E-state index in [4.69, 9.17) is 5.73 Å². The van der Waals surface area contributed by atoms with Gasteiger partial charge in [-0.15, -0.1) is 0 Å². The first-order chi connectivity index (χ1) is 9.22. The molecule has 0 amide bonds. The number of nitrogens with two attached hydrogens (primary N) is 1. The van der Waals surface area contributed by atoms with Crippen molar-refractivity contribution in [1.29, 1.82) is 0 Å². The van der Waals surface area contributed by atoms with Crippen molar-refractivity contribution in [1.82, 2.24) is 14.8 Å². The van der Waals surface area contributed by atoms with Crippen molar-refractivity contribution < 1.29 is 4.39 Å². The van der Waals surface area contributed by atoms with Gasteiger partial charge < -0.3 is 5.73 Å². The molecule has 0 aliphatic carbocycles. The number of anilines is 1. The SMILES string of the molecule is Nc1cc(-n2ccc(-c3ccc(F)cc3)n2)ccn1. The number of hydrogen-bond donors (Lipinski definition) is 1. The summed E-state index contributed by atoms with van der Waals surface area (Å²) in [6.07, 6.45) is 3.46. The van der Waals surface area contributed by atoms with E-state index in [-0.39, 0.29) is 5.82 Å². The largest absolute Gasteiger partial charge is 0.384 e. The number of aromatic nitrogens is 3. The third kappa shape index (κ3) is 2.30. The normalized spacial score (nSPS) is 10.6. The maximum atomic E-state index is 12.9. The number of nitrogen functional groups attached to an aromatic ring is 1. The first kappa shape index (κ1) is 11.4. The van der Waals surface area contributed by atoms with E-state index in [0.717, 1.165) is 16.9 Å². The third-order valence-corrected chi connectivity index (χ3v) is 2.76. The fraction of sp³-hybridized carbons (Fsp3) is 0. The van der Waals surface area contributed by atoms with Gasteiger partial charge in [-0.2, -0.15) is 5.10 Å². The van der Waals surface area contributed by atoms with Gasteiger partial charge in [0, 0.05) is 24.0 Å². The monoisotopic (exact) mass is 254 g/mol. The molecule has 0 unspecified atom stereocenters. The highest BCUT2D eigenvalue weighted by molar-refractivity contribution is 5.58. The molecule has 0 spiro atoms. The van der Waals surface area contributed by atoms with Crippen LogP contribution in [0.2, 0.25) is 0 Å². The zero-order valence-electron chi connectivity index (χ0n) is 9.99. The Morgan fingerprint density at radius 3 is 2.58 bits per heavy atom. The molecule has 0 fully saturated rings. The third-order valence-electron chi connectivity index (χ3n) is 2.76. The Morgan fingerprint density at radius 2 is 1.84 bits per heavy atom. The van der Waals surface area contributed by atoms with Crippen LogP contribution in [0.25, 0.3) is 16.9 Å². The first-order valence-electron chi connectivity index (χ1n) is 5.76.